The summed E-state index contributed by atoms with van der Waals surface area (Å²) in [6, 6.07) is 26.9. The Kier molecular flexibility index (Phi) is 9.92. The Bertz CT molecular complexity index is 1350. The van der Waals surface area contributed by atoms with Crippen molar-refractivity contribution in [2.24, 2.45) is 0 Å². The minimum atomic E-state index is -0.798. The Balaban J connectivity index is 1.62. The summed E-state index contributed by atoms with van der Waals surface area (Å²) in [7, 11) is 1.60. The second kappa shape index (κ2) is 14.0. The number of nitrogens with one attached hydrogen (secondary N) is 1. The van der Waals surface area contributed by atoms with Crippen LogP contribution in [0.4, 0.5) is 0 Å². The summed E-state index contributed by atoms with van der Waals surface area (Å²) in [5.74, 6) is 0.483. The van der Waals surface area contributed by atoms with Crippen molar-refractivity contribution in [2.45, 2.75) is 25.6 Å². The molecule has 3 aromatic carbocycles. The average Bonchev–Trinajstić information content (AvgIpc) is 2.98. The zero-order chi connectivity index (χ0) is 27.5. The van der Waals surface area contributed by atoms with Gasteiger partial charge < -0.3 is 19.7 Å². The van der Waals surface area contributed by atoms with Gasteiger partial charge in [-0.2, -0.15) is 0 Å². The largest absolute Gasteiger partial charge is 0.497 e. The van der Waals surface area contributed by atoms with Crippen molar-refractivity contribution in [3.05, 3.63) is 125 Å². The summed E-state index contributed by atoms with van der Waals surface area (Å²) < 4.78 is 11.1. The maximum atomic E-state index is 13.7. The third-order valence-electron chi connectivity index (χ3n) is 6.16. The lowest BCUT2D eigenvalue weighted by atomic mass is 10.0. The molecule has 7 nitrogen and oxygen atoms in total. The first-order valence-electron chi connectivity index (χ1n) is 12.5. The molecule has 1 atom stereocenters. The standard InChI is InChI=1S/C31H30ClN3O4/c1-38-26-15-13-24(14-16-26)21-35(30(36)22-39-29-12-6-5-11-27(29)32)28(18-23-8-3-2-4-9-23)31(37)34-20-25-10-7-17-33-19-25/h2-17,19,28H,18,20-22H2,1H3,(H,34,37). The fourth-order valence-corrected chi connectivity index (χ4v) is 4.27. The fraction of sp³-hybridized carbons (Fsp3) is 0.194. The molecule has 0 aliphatic heterocycles. The van der Waals surface area contributed by atoms with Gasteiger partial charge in [0, 0.05) is 31.9 Å². The molecule has 0 bridgehead atoms. The maximum absolute atomic E-state index is 13.7. The number of nitrogens with zero attached hydrogens (tertiary/aromatic N) is 2. The zero-order valence-electron chi connectivity index (χ0n) is 21.6. The molecule has 4 rings (SSSR count). The van der Waals surface area contributed by atoms with Crippen LogP contribution in [0.25, 0.3) is 0 Å². The molecule has 0 aliphatic carbocycles. The number of amides is 2. The highest BCUT2D eigenvalue weighted by Gasteiger charge is 2.30. The van der Waals surface area contributed by atoms with Gasteiger partial charge in [0.05, 0.1) is 12.1 Å². The quantitative estimate of drug-likeness (QED) is 0.269. The number of methoxy groups -OCH3 is 1. The first-order valence-corrected chi connectivity index (χ1v) is 12.9. The third-order valence-corrected chi connectivity index (χ3v) is 6.47. The minimum absolute atomic E-state index is 0.201. The Morgan fingerprint density at radius 2 is 1.62 bits per heavy atom. The topological polar surface area (TPSA) is 80.8 Å². The summed E-state index contributed by atoms with van der Waals surface area (Å²) in [4.78, 5) is 33.1. The van der Waals surface area contributed by atoms with E-state index < -0.39 is 6.04 Å². The summed E-state index contributed by atoms with van der Waals surface area (Å²) >= 11 is 6.23. The number of ether oxygens (including phenoxy) is 2. The van der Waals surface area contributed by atoms with E-state index in [1.165, 1.54) is 0 Å². The maximum Gasteiger partial charge on any atom is 0.261 e. The molecule has 200 valence electrons. The van der Waals surface area contributed by atoms with Gasteiger partial charge in [0.2, 0.25) is 5.91 Å². The molecule has 2 amide bonds. The van der Waals surface area contributed by atoms with E-state index in [4.69, 9.17) is 21.1 Å². The van der Waals surface area contributed by atoms with Crippen LogP contribution in [0, 0.1) is 0 Å². The number of benzene rings is 3. The van der Waals surface area contributed by atoms with E-state index in [1.807, 2.05) is 66.7 Å². The molecule has 1 heterocycles. The predicted octanol–water partition coefficient (Wildman–Crippen LogP) is 5.08. The first kappa shape index (κ1) is 27.7. The van der Waals surface area contributed by atoms with E-state index in [9.17, 15) is 9.59 Å². The van der Waals surface area contributed by atoms with E-state index in [0.717, 1.165) is 16.7 Å². The minimum Gasteiger partial charge on any atom is -0.497 e. The van der Waals surface area contributed by atoms with E-state index >= 15 is 0 Å². The van der Waals surface area contributed by atoms with E-state index in [2.05, 4.69) is 10.3 Å². The molecule has 0 radical (unpaired) electrons. The second-order valence-corrected chi connectivity index (χ2v) is 9.28. The van der Waals surface area contributed by atoms with Gasteiger partial charge in [0.1, 0.15) is 17.5 Å². The van der Waals surface area contributed by atoms with Crippen molar-refractivity contribution >= 4 is 23.4 Å². The normalized spacial score (nSPS) is 11.3. The summed E-state index contributed by atoms with van der Waals surface area (Å²) in [5.41, 5.74) is 2.64. The molecule has 1 unspecified atom stereocenters. The number of pyridine rings is 1. The molecule has 1 N–H and O–H groups in total. The van der Waals surface area contributed by atoms with Gasteiger partial charge >= 0.3 is 0 Å². The first-order chi connectivity index (χ1) is 19.0. The van der Waals surface area contributed by atoms with Gasteiger partial charge in [-0.05, 0) is 47.0 Å². The van der Waals surface area contributed by atoms with Crippen LogP contribution in [0.5, 0.6) is 11.5 Å². The van der Waals surface area contributed by atoms with E-state index in [-0.39, 0.29) is 25.0 Å². The molecular weight excluding hydrogens is 514 g/mol. The number of para-hydroxylation sites is 1. The van der Waals surface area contributed by atoms with Crippen LogP contribution in [0.1, 0.15) is 16.7 Å². The molecule has 0 fully saturated rings. The second-order valence-electron chi connectivity index (χ2n) is 8.87. The molecule has 0 saturated heterocycles. The van der Waals surface area contributed by atoms with Crippen molar-refractivity contribution in [3.63, 3.8) is 0 Å². The SMILES string of the molecule is COc1ccc(CN(C(=O)COc2ccccc2Cl)C(Cc2ccccc2)C(=O)NCc2cccnc2)cc1. The van der Waals surface area contributed by atoms with Crippen molar-refractivity contribution in [2.75, 3.05) is 13.7 Å². The van der Waals surface area contributed by atoms with Crippen molar-refractivity contribution in [3.8, 4) is 11.5 Å². The summed E-state index contributed by atoms with van der Waals surface area (Å²) in [6.07, 6.45) is 3.70. The van der Waals surface area contributed by atoms with Crippen LogP contribution < -0.4 is 14.8 Å². The lowest BCUT2D eigenvalue weighted by molar-refractivity contribution is -0.142. The van der Waals surface area contributed by atoms with Crippen molar-refractivity contribution < 1.29 is 19.1 Å². The molecule has 0 saturated carbocycles. The number of rotatable bonds is 12. The predicted molar refractivity (Wildman–Crippen MR) is 151 cm³/mol. The van der Waals surface area contributed by atoms with Crippen LogP contribution in [-0.2, 0) is 29.1 Å². The van der Waals surface area contributed by atoms with Crippen LogP contribution >= 0.6 is 11.6 Å². The fourth-order valence-electron chi connectivity index (χ4n) is 4.08. The Labute approximate surface area is 233 Å². The number of carbonyl (C=O) groups excluding carboxylic acids is 2. The van der Waals surface area contributed by atoms with Crippen LogP contribution in [-0.4, -0.2) is 41.5 Å². The number of hydrogen-bond acceptors (Lipinski definition) is 5. The van der Waals surface area contributed by atoms with Gasteiger partial charge in [-0.1, -0.05) is 72.3 Å². The number of halogens is 1. The summed E-state index contributed by atoms with van der Waals surface area (Å²) in [6.45, 7) is 0.215. The molecule has 4 aromatic rings. The highest BCUT2D eigenvalue weighted by Crippen LogP contribution is 2.24. The lowest BCUT2D eigenvalue weighted by Crippen LogP contribution is -2.51. The molecule has 0 aliphatic rings. The molecular formula is C31H30ClN3O4. The molecule has 39 heavy (non-hydrogen) atoms. The monoisotopic (exact) mass is 543 g/mol. The van der Waals surface area contributed by atoms with Gasteiger partial charge in [-0.3, -0.25) is 14.6 Å². The zero-order valence-corrected chi connectivity index (χ0v) is 22.4. The highest BCUT2D eigenvalue weighted by atomic mass is 35.5. The lowest BCUT2D eigenvalue weighted by Gasteiger charge is -2.31. The molecule has 1 aromatic heterocycles. The van der Waals surface area contributed by atoms with Crippen molar-refractivity contribution in [1.29, 1.82) is 0 Å². The van der Waals surface area contributed by atoms with Gasteiger partial charge in [0.25, 0.3) is 5.91 Å². The number of carbonyl (C=O) groups is 2. The van der Waals surface area contributed by atoms with Gasteiger partial charge in [0.15, 0.2) is 6.61 Å². The molecule has 8 heteroatoms. The summed E-state index contributed by atoms with van der Waals surface area (Å²) in [5, 5.41) is 3.39. The Morgan fingerprint density at radius 1 is 0.897 bits per heavy atom. The molecule has 0 spiro atoms. The van der Waals surface area contributed by atoms with E-state index in [1.54, 1.807) is 48.7 Å². The van der Waals surface area contributed by atoms with Crippen molar-refractivity contribution in [1.82, 2.24) is 15.2 Å². The average molecular weight is 544 g/mol. The van der Waals surface area contributed by atoms with Crippen LogP contribution in [0.15, 0.2) is 103 Å². The van der Waals surface area contributed by atoms with Crippen LogP contribution in [0.3, 0.4) is 0 Å². The Morgan fingerprint density at radius 3 is 2.31 bits per heavy atom. The van der Waals surface area contributed by atoms with Gasteiger partial charge in [-0.25, -0.2) is 0 Å². The Hall–Kier alpha value is -4.36. The van der Waals surface area contributed by atoms with E-state index in [0.29, 0.717) is 29.5 Å². The third kappa shape index (κ3) is 8.06. The number of aromatic nitrogens is 1. The van der Waals surface area contributed by atoms with Crippen LogP contribution in [0.2, 0.25) is 5.02 Å². The highest BCUT2D eigenvalue weighted by molar-refractivity contribution is 6.32. The smallest absolute Gasteiger partial charge is 0.261 e. The van der Waals surface area contributed by atoms with Gasteiger partial charge in [-0.15, -0.1) is 0 Å². The number of hydrogen-bond donors (Lipinski definition) is 1.